The third-order valence-corrected chi connectivity index (χ3v) is 9.25. The summed E-state index contributed by atoms with van der Waals surface area (Å²) in [5.74, 6) is -0.927. The molecule has 17 nitrogen and oxygen atoms in total. The Morgan fingerprint density at radius 3 is 2.02 bits per heavy atom. The molecule has 0 atom stereocenters. The molecule has 3 aromatic carbocycles. The van der Waals surface area contributed by atoms with Crippen molar-refractivity contribution in [3.8, 4) is 0 Å². The van der Waals surface area contributed by atoms with Crippen LogP contribution in [0.1, 0.15) is 73.0 Å². The molecule has 62 heavy (non-hydrogen) atoms. The van der Waals surface area contributed by atoms with Gasteiger partial charge in [0.05, 0.1) is 51.9 Å². The van der Waals surface area contributed by atoms with Gasteiger partial charge in [-0.2, -0.15) is 0 Å². The Hall–Kier alpha value is -6.43. The Bertz CT molecular complexity index is 2310. The number of hydrogen-bond acceptors (Lipinski definition) is 13. The van der Waals surface area contributed by atoms with Crippen molar-refractivity contribution in [1.29, 1.82) is 0 Å². The fourth-order valence-electron chi connectivity index (χ4n) is 6.10. The van der Waals surface area contributed by atoms with E-state index in [0.717, 1.165) is 18.8 Å². The molecule has 0 bridgehead atoms. The minimum atomic E-state index is -0.691. The van der Waals surface area contributed by atoms with E-state index in [2.05, 4.69) is 45.0 Å². The number of hydrogen-bond donors (Lipinski definition) is 3. The van der Waals surface area contributed by atoms with E-state index in [9.17, 15) is 24.0 Å². The van der Waals surface area contributed by atoms with Gasteiger partial charge in [0.25, 0.3) is 5.91 Å². The van der Waals surface area contributed by atoms with E-state index >= 15 is 0 Å². The van der Waals surface area contributed by atoms with Gasteiger partial charge in [-0.15, -0.1) is 5.10 Å². The largest absolute Gasteiger partial charge is 0.444 e. The lowest BCUT2D eigenvalue weighted by Crippen LogP contribution is -2.31. The van der Waals surface area contributed by atoms with Crippen LogP contribution in [0.3, 0.4) is 0 Å². The van der Waals surface area contributed by atoms with Crippen molar-refractivity contribution in [1.82, 2.24) is 20.3 Å². The smallest absolute Gasteiger partial charge is 0.412 e. The van der Waals surface area contributed by atoms with Crippen molar-refractivity contribution in [3.63, 3.8) is 0 Å². The number of ether oxygens (including phenoxy) is 4. The molecule has 0 radical (unpaired) electrons. The standard InChI is InChI=1S/C45H55N7O10/c1-6-51(7-2)37-18-12-33-28-38(43(56)61-39(33)29-37)42(55)46-20-22-58-24-26-60-27-25-59-23-21-52-30-36(49-50-52)17-19-40(53)47-34-13-8-31(9-14-34)41(54)32-10-15-35(16-11-32)48-44(57)62-45(3,4)5/h8-16,18,28-30H,6-7,17,19-27H2,1-5H3,(H,46,55)(H,47,53)(H,48,57). The molecule has 0 spiro atoms. The molecule has 17 heteroatoms. The highest BCUT2D eigenvalue weighted by Crippen LogP contribution is 2.22. The molecule has 5 rings (SSSR count). The van der Waals surface area contributed by atoms with Crippen LogP contribution in [0.15, 0.2) is 88.2 Å². The lowest BCUT2D eigenvalue weighted by molar-refractivity contribution is -0.116. The zero-order valence-corrected chi connectivity index (χ0v) is 35.9. The van der Waals surface area contributed by atoms with Gasteiger partial charge in [0.15, 0.2) is 5.78 Å². The summed E-state index contributed by atoms with van der Waals surface area (Å²) in [6.45, 7) is 13.8. The average Bonchev–Trinajstić information content (AvgIpc) is 3.70. The summed E-state index contributed by atoms with van der Waals surface area (Å²) in [5.41, 5.74) is 2.64. The van der Waals surface area contributed by atoms with Crippen LogP contribution in [-0.4, -0.2) is 104 Å². The predicted molar refractivity (Wildman–Crippen MR) is 234 cm³/mol. The summed E-state index contributed by atoms with van der Waals surface area (Å²) in [6, 6.07) is 20.3. The number of fused-ring (bicyclic) bond motifs is 1. The van der Waals surface area contributed by atoms with Crippen LogP contribution in [-0.2, 0) is 36.7 Å². The first-order valence-electron chi connectivity index (χ1n) is 20.6. The third kappa shape index (κ3) is 14.6. The molecule has 0 unspecified atom stereocenters. The monoisotopic (exact) mass is 853 g/mol. The molecular weight excluding hydrogens is 799 g/mol. The highest BCUT2D eigenvalue weighted by Gasteiger charge is 2.18. The van der Waals surface area contributed by atoms with Crippen molar-refractivity contribution in [2.45, 2.75) is 59.6 Å². The number of amides is 3. The van der Waals surface area contributed by atoms with Crippen molar-refractivity contribution >= 4 is 51.7 Å². The van der Waals surface area contributed by atoms with Gasteiger partial charge in [-0.25, -0.2) is 14.3 Å². The fourth-order valence-corrected chi connectivity index (χ4v) is 6.10. The molecule has 5 aromatic rings. The molecule has 0 saturated heterocycles. The van der Waals surface area contributed by atoms with Crippen LogP contribution in [0.5, 0.6) is 0 Å². The van der Waals surface area contributed by atoms with E-state index in [0.29, 0.717) is 85.2 Å². The van der Waals surface area contributed by atoms with E-state index < -0.39 is 23.2 Å². The molecular formula is C45H55N7O10. The van der Waals surface area contributed by atoms with Gasteiger partial charge >= 0.3 is 11.7 Å². The summed E-state index contributed by atoms with van der Waals surface area (Å²) in [4.78, 5) is 64.9. The SMILES string of the molecule is CCN(CC)c1ccc2cc(C(=O)NCCOCCOCCOCCn3cc(CCC(=O)Nc4ccc(C(=O)c5ccc(NC(=O)OC(C)(C)C)cc5)cc4)nn3)c(=O)oc2c1. The third-order valence-electron chi connectivity index (χ3n) is 9.25. The van der Waals surface area contributed by atoms with Gasteiger partial charge in [0, 0.05) is 78.3 Å². The number of benzene rings is 3. The van der Waals surface area contributed by atoms with Gasteiger partial charge in [-0.3, -0.25) is 19.7 Å². The van der Waals surface area contributed by atoms with Crippen LogP contribution in [0.4, 0.5) is 21.9 Å². The zero-order chi connectivity index (χ0) is 44.5. The predicted octanol–water partition coefficient (Wildman–Crippen LogP) is 5.86. The van der Waals surface area contributed by atoms with Gasteiger partial charge in [0.2, 0.25) is 5.91 Å². The first-order valence-corrected chi connectivity index (χ1v) is 20.6. The summed E-state index contributed by atoms with van der Waals surface area (Å²) >= 11 is 0. The lowest BCUT2D eigenvalue weighted by atomic mass is 10.0. The molecule has 2 aromatic heterocycles. The number of aromatic nitrogens is 3. The maximum atomic E-state index is 13.0. The number of carbonyl (C=O) groups excluding carboxylic acids is 4. The second kappa shape index (κ2) is 23.0. The highest BCUT2D eigenvalue weighted by molar-refractivity contribution is 6.09. The Balaban J connectivity index is 0.884. The van der Waals surface area contributed by atoms with E-state index in [1.807, 2.05) is 18.2 Å². The van der Waals surface area contributed by atoms with E-state index in [4.69, 9.17) is 23.4 Å². The minimum absolute atomic E-state index is 0.0587. The quantitative estimate of drug-likeness (QED) is 0.0401. The summed E-state index contributed by atoms with van der Waals surface area (Å²) in [6.07, 6.45) is 1.78. The molecule has 0 aliphatic rings. The van der Waals surface area contributed by atoms with Crippen LogP contribution >= 0.6 is 0 Å². The van der Waals surface area contributed by atoms with Crippen LogP contribution in [0, 0.1) is 0 Å². The Morgan fingerprint density at radius 1 is 0.774 bits per heavy atom. The number of anilines is 3. The summed E-state index contributed by atoms with van der Waals surface area (Å²) < 4.78 is 29.0. The van der Waals surface area contributed by atoms with Crippen molar-refractivity contribution < 1.29 is 42.5 Å². The Morgan fingerprint density at radius 2 is 1.39 bits per heavy atom. The second-order valence-electron chi connectivity index (χ2n) is 15.1. The number of rotatable bonds is 23. The lowest BCUT2D eigenvalue weighted by Gasteiger charge is -2.21. The molecule has 0 saturated carbocycles. The van der Waals surface area contributed by atoms with Crippen LogP contribution in [0.25, 0.3) is 11.0 Å². The first kappa shape index (κ1) is 46.6. The molecule has 0 fully saturated rings. The molecule has 330 valence electrons. The average molecular weight is 854 g/mol. The van der Waals surface area contributed by atoms with E-state index in [1.165, 1.54) is 0 Å². The number of nitrogens with zero attached hydrogens (tertiary/aromatic N) is 4. The topological polar surface area (TPSA) is 205 Å². The zero-order valence-electron chi connectivity index (χ0n) is 35.9. The van der Waals surface area contributed by atoms with Crippen LogP contribution < -0.4 is 26.5 Å². The number of carbonyl (C=O) groups is 4. The van der Waals surface area contributed by atoms with Crippen molar-refractivity contribution in [2.24, 2.45) is 0 Å². The summed E-state index contributed by atoms with van der Waals surface area (Å²) in [7, 11) is 0. The number of aryl methyl sites for hydroxylation is 1. The number of ketones is 1. The Labute approximate surface area is 360 Å². The summed E-state index contributed by atoms with van der Waals surface area (Å²) in [5, 5.41) is 17.1. The van der Waals surface area contributed by atoms with Gasteiger partial charge in [0.1, 0.15) is 16.7 Å². The second-order valence-corrected chi connectivity index (χ2v) is 15.1. The molecule has 3 amide bonds. The van der Waals surface area contributed by atoms with E-state index in [-0.39, 0.29) is 36.8 Å². The molecule has 0 aliphatic heterocycles. The first-order chi connectivity index (χ1) is 29.8. The maximum absolute atomic E-state index is 13.0. The fraction of sp³-hybridized carbons (Fsp3) is 0.400. The molecule has 3 N–H and O–H groups in total. The van der Waals surface area contributed by atoms with Gasteiger partial charge < -0.3 is 38.9 Å². The Kier molecular flexibility index (Phi) is 17.3. The van der Waals surface area contributed by atoms with Gasteiger partial charge in [-0.05, 0) is 101 Å². The normalized spacial score (nSPS) is 11.3. The van der Waals surface area contributed by atoms with Crippen molar-refractivity contribution in [3.05, 3.63) is 112 Å². The van der Waals surface area contributed by atoms with Crippen LogP contribution in [0.2, 0.25) is 0 Å². The molecule has 0 aliphatic carbocycles. The highest BCUT2D eigenvalue weighted by atomic mass is 16.6. The van der Waals surface area contributed by atoms with Crippen molar-refractivity contribution in [2.75, 3.05) is 74.8 Å². The molecule has 2 heterocycles. The van der Waals surface area contributed by atoms with E-state index in [1.54, 1.807) is 86.2 Å². The van der Waals surface area contributed by atoms with Gasteiger partial charge in [-0.1, -0.05) is 5.21 Å². The maximum Gasteiger partial charge on any atom is 0.412 e. The number of nitrogens with one attached hydrogen (secondary N) is 3. The minimum Gasteiger partial charge on any atom is -0.444 e.